The van der Waals surface area contributed by atoms with E-state index in [1.807, 2.05) is 32.9 Å². The fraction of sp³-hybridized carbons (Fsp3) is 0.583. The second kappa shape index (κ2) is 5.63. The van der Waals surface area contributed by atoms with Gasteiger partial charge in [0.2, 0.25) is 0 Å². The molecule has 0 radical (unpaired) electrons. The van der Waals surface area contributed by atoms with Crippen molar-refractivity contribution in [3.63, 3.8) is 0 Å². The van der Waals surface area contributed by atoms with Crippen LogP contribution >= 0.6 is 0 Å². The molecular formula is C12H20O2. The van der Waals surface area contributed by atoms with Gasteiger partial charge in [-0.2, -0.15) is 0 Å². The van der Waals surface area contributed by atoms with Crippen molar-refractivity contribution >= 4 is 5.97 Å². The molecule has 0 aromatic rings. The Labute approximate surface area is 86.6 Å². The van der Waals surface area contributed by atoms with Gasteiger partial charge in [0.25, 0.3) is 0 Å². The molecule has 0 saturated heterocycles. The molecule has 14 heavy (non-hydrogen) atoms. The van der Waals surface area contributed by atoms with Crippen molar-refractivity contribution in [1.82, 2.24) is 0 Å². The van der Waals surface area contributed by atoms with Gasteiger partial charge in [-0.05, 0) is 33.6 Å². The quantitative estimate of drug-likeness (QED) is 0.498. The summed E-state index contributed by atoms with van der Waals surface area (Å²) in [5.41, 5.74) is 0.668. The smallest absolute Gasteiger partial charge is 0.303 e. The first-order valence-corrected chi connectivity index (χ1v) is 4.85. The van der Waals surface area contributed by atoms with Crippen molar-refractivity contribution in [2.24, 2.45) is 0 Å². The first-order valence-electron chi connectivity index (χ1n) is 4.85. The van der Waals surface area contributed by atoms with Crippen molar-refractivity contribution in [3.8, 4) is 0 Å². The Bertz CT molecular complexity index is 237. The molecule has 0 unspecified atom stereocenters. The molecule has 0 fully saturated rings. The first kappa shape index (κ1) is 12.9. The van der Waals surface area contributed by atoms with Crippen molar-refractivity contribution in [2.45, 2.75) is 46.1 Å². The summed E-state index contributed by atoms with van der Waals surface area (Å²) in [6.45, 7) is 11.0. The SMILES string of the molecule is C=C(C)C=CCCC(C)(C)OC(C)=O. The lowest BCUT2D eigenvalue weighted by Crippen LogP contribution is -2.26. The van der Waals surface area contributed by atoms with Crippen LogP contribution in [0.5, 0.6) is 0 Å². The molecule has 0 atom stereocenters. The molecule has 0 aliphatic carbocycles. The van der Waals surface area contributed by atoms with Crippen LogP contribution in [-0.2, 0) is 9.53 Å². The topological polar surface area (TPSA) is 26.3 Å². The molecule has 80 valence electrons. The lowest BCUT2D eigenvalue weighted by molar-refractivity contribution is -0.154. The molecule has 0 bridgehead atoms. The Morgan fingerprint density at radius 1 is 1.43 bits per heavy atom. The minimum absolute atomic E-state index is 0.223. The van der Waals surface area contributed by atoms with Crippen LogP contribution < -0.4 is 0 Å². The molecule has 0 aromatic carbocycles. The highest BCUT2D eigenvalue weighted by Crippen LogP contribution is 2.17. The second-order valence-electron chi connectivity index (χ2n) is 4.14. The molecule has 0 amide bonds. The van der Waals surface area contributed by atoms with Gasteiger partial charge in [0.1, 0.15) is 5.60 Å². The number of hydrogen-bond donors (Lipinski definition) is 0. The maximum absolute atomic E-state index is 10.7. The second-order valence-corrected chi connectivity index (χ2v) is 4.14. The summed E-state index contributed by atoms with van der Waals surface area (Å²) in [5.74, 6) is -0.223. The Morgan fingerprint density at radius 2 is 2.00 bits per heavy atom. The highest BCUT2D eigenvalue weighted by Gasteiger charge is 2.19. The summed E-state index contributed by atoms with van der Waals surface area (Å²) < 4.78 is 5.15. The fourth-order valence-electron chi connectivity index (χ4n) is 1.16. The number of carbonyl (C=O) groups excluding carboxylic acids is 1. The van der Waals surface area contributed by atoms with Gasteiger partial charge in [-0.3, -0.25) is 4.79 Å². The van der Waals surface area contributed by atoms with E-state index in [2.05, 4.69) is 6.58 Å². The maximum atomic E-state index is 10.7. The van der Waals surface area contributed by atoms with Crippen LogP contribution in [0.4, 0.5) is 0 Å². The highest BCUT2D eigenvalue weighted by molar-refractivity contribution is 5.66. The molecular weight excluding hydrogens is 176 g/mol. The van der Waals surface area contributed by atoms with E-state index in [1.165, 1.54) is 6.92 Å². The van der Waals surface area contributed by atoms with Gasteiger partial charge >= 0.3 is 5.97 Å². The van der Waals surface area contributed by atoms with Crippen molar-refractivity contribution < 1.29 is 9.53 Å². The van der Waals surface area contributed by atoms with Crippen LogP contribution in [0.3, 0.4) is 0 Å². The number of allylic oxidation sites excluding steroid dienone is 3. The Morgan fingerprint density at radius 3 is 2.43 bits per heavy atom. The van der Waals surface area contributed by atoms with Crippen LogP contribution in [0.2, 0.25) is 0 Å². The summed E-state index contributed by atoms with van der Waals surface area (Å²) >= 11 is 0. The molecule has 0 N–H and O–H groups in total. The van der Waals surface area contributed by atoms with E-state index in [1.54, 1.807) is 0 Å². The van der Waals surface area contributed by atoms with Gasteiger partial charge in [-0.25, -0.2) is 0 Å². The Hall–Kier alpha value is -1.05. The Balaban J connectivity index is 3.87. The van der Waals surface area contributed by atoms with Gasteiger partial charge < -0.3 is 4.74 Å². The highest BCUT2D eigenvalue weighted by atomic mass is 16.6. The van der Waals surface area contributed by atoms with E-state index in [9.17, 15) is 4.79 Å². The molecule has 0 rings (SSSR count). The van der Waals surface area contributed by atoms with E-state index in [-0.39, 0.29) is 11.6 Å². The minimum Gasteiger partial charge on any atom is -0.460 e. The largest absolute Gasteiger partial charge is 0.460 e. The number of ether oxygens (including phenoxy) is 1. The van der Waals surface area contributed by atoms with Gasteiger partial charge in [0, 0.05) is 6.92 Å². The molecule has 0 aromatic heterocycles. The summed E-state index contributed by atoms with van der Waals surface area (Å²) in [5, 5.41) is 0. The third-order valence-corrected chi connectivity index (χ3v) is 1.74. The molecule has 2 nitrogen and oxygen atoms in total. The van der Waals surface area contributed by atoms with E-state index in [0.29, 0.717) is 0 Å². The van der Waals surface area contributed by atoms with Gasteiger partial charge in [0.05, 0.1) is 0 Å². The van der Waals surface area contributed by atoms with E-state index >= 15 is 0 Å². The van der Waals surface area contributed by atoms with Gasteiger partial charge in [0.15, 0.2) is 0 Å². The summed E-state index contributed by atoms with van der Waals surface area (Å²) in [7, 11) is 0. The zero-order valence-corrected chi connectivity index (χ0v) is 9.59. The number of carbonyl (C=O) groups is 1. The fourth-order valence-corrected chi connectivity index (χ4v) is 1.16. The average molecular weight is 196 g/mol. The lowest BCUT2D eigenvalue weighted by atomic mass is 10.0. The Kier molecular flexibility index (Phi) is 5.21. The predicted molar refractivity (Wildman–Crippen MR) is 59.0 cm³/mol. The van der Waals surface area contributed by atoms with Gasteiger partial charge in [-0.1, -0.05) is 24.3 Å². The summed E-state index contributed by atoms with van der Waals surface area (Å²) in [4.78, 5) is 10.7. The molecule has 0 saturated carbocycles. The van der Waals surface area contributed by atoms with Crippen molar-refractivity contribution in [2.75, 3.05) is 0 Å². The lowest BCUT2D eigenvalue weighted by Gasteiger charge is -2.23. The van der Waals surface area contributed by atoms with E-state index in [0.717, 1.165) is 18.4 Å². The van der Waals surface area contributed by atoms with Gasteiger partial charge in [-0.15, -0.1) is 0 Å². The molecule has 0 heterocycles. The summed E-state index contributed by atoms with van der Waals surface area (Å²) in [6, 6.07) is 0. The zero-order chi connectivity index (χ0) is 11.2. The molecule has 0 aliphatic rings. The molecule has 0 aliphatic heterocycles. The van der Waals surface area contributed by atoms with Crippen LogP contribution in [0, 0.1) is 0 Å². The minimum atomic E-state index is -0.370. The zero-order valence-electron chi connectivity index (χ0n) is 9.59. The molecule has 0 spiro atoms. The standard InChI is InChI=1S/C12H20O2/c1-10(2)8-6-7-9-12(4,5)14-11(3)13/h6,8H,1,7,9H2,2-5H3. The van der Waals surface area contributed by atoms with Crippen molar-refractivity contribution in [3.05, 3.63) is 24.3 Å². The van der Waals surface area contributed by atoms with E-state index < -0.39 is 0 Å². The predicted octanol–water partition coefficient (Wildman–Crippen LogP) is 3.24. The molecule has 2 heteroatoms. The first-order chi connectivity index (χ1) is 6.33. The monoisotopic (exact) mass is 196 g/mol. The normalized spacial score (nSPS) is 11.7. The number of rotatable bonds is 5. The maximum Gasteiger partial charge on any atom is 0.303 e. The number of hydrogen-bond acceptors (Lipinski definition) is 2. The van der Waals surface area contributed by atoms with Crippen LogP contribution in [0.15, 0.2) is 24.3 Å². The average Bonchev–Trinajstić information content (AvgIpc) is 1.95. The van der Waals surface area contributed by atoms with Crippen LogP contribution in [0.1, 0.15) is 40.5 Å². The van der Waals surface area contributed by atoms with Crippen LogP contribution in [-0.4, -0.2) is 11.6 Å². The summed E-state index contributed by atoms with van der Waals surface area (Å²) in [6.07, 6.45) is 5.75. The van der Waals surface area contributed by atoms with Crippen LogP contribution in [0.25, 0.3) is 0 Å². The number of esters is 1. The van der Waals surface area contributed by atoms with Crippen molar-refractivity contribution in [1.29, 1.82) is 0 Å². The van der Waals surface area contributed by atoms with E-state index in [4.69, 9.17) is 4.74 Å². The third-order valence-electron chi connectivity index (χ3n) is 1.74. The third kappa shape index (κ3) is 7.59.